The molecule has 0 aliphatic carbocycles. The Hall–Kier alpha value is -2.13. The lowest BCUT2D eigenvalue weighted by Gasteiger charge is -1.91. The summed E-state index contributed by atoms with van der Waals surface area (Å²) in [6, 6.07) is 5.72. The molecule has 0 aliphatic rings. The number of nitriles is 1. The van der Waals surface area contributed by atoms with Crippen LogP contribution in [0.1, 0.15) is 24.0 Å². The zero-order valence-electron chi connectivity index (χ0n) is 9.75. The van der Waals surface area contributed by atoms with E-state index in [2.05, 4.69) is 23.1 Å². The van der Waals surface area contributed by atoms with Crippen molar-refractivity contribution >= 4 is 16.3 Å². The lowest BCUT2D eigenvalue weighted by Crippen LogP contribution is -1.92. The van der Waals surface area contributed by atoms with E-state index in [1.165, 1.54) is 11.3 Å². The first-order valence-electron chi connectivity index (χ1n) is 5.66. The van der Waals surface area contributed by atoms with Crippen molar-refractivity contribution in [2.45, 2.75) is 19.8 Å². The average molecular weight is 258 g/mol. The van der Waals surface area contributed by atoms with Crippen molar-refractivity contribution in [3.05, 3.63) is 29.1 Å². The highest BCUT2D eigenvalue weighted by molar-refractivity contribution is 7.16. The number of furan rings is 1. The van der Waals surface area contributed by atoms with E-state index in [-0.39, 0.29) is 0 Å². The molecule has 0 fully saturated rings. The van der Waals surface area contributed by atoms with Crippen LogP contribution in [-0.2, 0) is 6.42 Å². The summed E-state index contributed by atoms with van der Waals surface area (Å²) in [4.78, 5) is 5.17. The maximum Gasteiger partial charge on any atom is 0.214 e. The van der Waals surface area contributed by atoms with Crippen LogP contribution in [-0.4, -0.2) is 14.6 Å². The highest BCUT2D eigenvalue weighted by Gasteiger charge is 2.19. The molecular weight excluding hydrogens is 248 g/mol. The van der Waals surface area contributed by atoms with Crippen LogP contribution in [0.25, 0.3) is 16.4 Å². The van der Waals surface area contributed by atoms with E-state index in [1.807, 2.05) is 0 Å². The van der Waals surface area contributed by atoms with Crippen molar-refractivity contribution in [2.75, 3.05) is 0 Å². The van der Waals surface area contributed by atoms with Crippen LogP contribution < -0.4 is 0 Å². The van der Waals surface area contributed by atoms with Crippen LogP contribution in [0, 0.1) is 11.3 Å². The van der Waals surface area contributed by atoms with Gasteiger partial charge in [0.15, 0.2) is 11.5 Å². The fraction of sp³-hybridized carbons (Fsp3) is 0.250. The lowest BCUT2D eigenvalue weighted by atomic mass is 10.3. The van der Waals surface area contributed by atoms with Gasteiger partial charge in [0.25, 0.3) is 0 Å². The van der Waals surface area contributed by atoms with E-state index in [0.717, 1.165) is 22.8 Å². The van der Waals surface area contributed by atoms with Gasteiger partial charge in [0.05, 0.1) is 6.26 Å². The van der Waals surface area contributed by atoms with Crippen LogP contribution in [0.2, 0.25) is 0 Å². The molecule has 0 bridgehead atoms. The summed E-state index contributed by atoms with van der Waals surface area (Å²) in [7, 11) is 0. The number of aryl methyl sites for hydroxylation is 1. The SMILES string of the molecule is CCCc1nn2c(C#N)c(-c3ccco3)nc2s1. The van der Waals surface area contributed by atoms with Gasteiger partial charge in [0, 0.05) is 6.42 Å². The van der Waals surface area contributed by atoms with Gasteiger partial charge >= 0.3 is 0 Å². The Bertz CT molecular complexity index is 717. The first-order valence-corrected chi connectivity index (χ1v) is 6.47. The maximum atomic E-state index is 9.26. The molecular formula is C12H10N4OS. The molecule has 0 atom stereocenters. The standard InChI is InChI=1S/C12H10N4OS/c1-2-4-10-15-16-8(7-13)11(14-12(16)18-10)9-5-3-6-17-9/h3,5-6H,2,4H2,1H3. The van der Waals surface area contributed by atoms with Gasteiger partial charge in [-0.05, 0) is 18.6 Å². The monoisotopic (exact) mass is 258 g/mol. The van der Waals surface area contributed by atoms with E-state index in [1.54, 1.807) is 22.9 Å². The van der Waals surface area contributed by atoms with Gasteiger partial charge in [-0.15, -0.1) is 0 Å². The Morgan fingerprint density at radius 3 is 3.11 bits per heavy atom. The summed E-state index contributed by atoms with van der Waals surface area (Å²) < 4.78 is 6.89. The van der Waals surface area contributed by atoms with Crippen LogP contribution >= 0.6 is 11.3 Å². The Morgan fingerprint density at radius 1 is 1.56 bits per heavy atom. The van der Waals surface area contributed by atoms with Gasteiger partial charge < -0.3 is 4.42 Å². The zero-order chi connectivity index (χ0) is 12.5. The number of imidazole rings is 1. The second-order valence-corrected chi connectivity index (χ2v) is 4.88. The second kappa shape index (κ2) is 4.27. The predicted octanol–water partition coefficient (Wildman–Crippen LogP) is 2.87. The van der Waals surface area contributed by atoms with E-state index in [9.17, 15) is 5.26 Å². The van der Waals surface area contributed by atoms with Crippen molar-refractivity contribution in [1.29, 1.82) is 5.26 Å². The molecule has 3 heterocycles. The topological polar surface area (TPSA) is 67.1 Å². The summed E-state index contributed by atoms with van der Waals surface area (Å²) in [6.45, 7) is 2.10. The molecule has 0 unspecified atom stereocenters. The third-order valence-electron chi connectivity index (χ3n) is 2.57. The molecule has 0 radical (unpaired) electrons. The van der Waals surface area contributed by atoms with Gasteiger partial charge in [-0.2, -0.15) is 14.9 Å². The molecule has 3 aromatic heterocycles. The highest BCUT2D eigenvalue weighted by atomic mass is 32.1. The van der Waals surface area contributed by atoms with Crippen molar-refractivity contribution in [3.8, 4) is 17.5 Å². The second-order valence-electron chi connectivity index (χ2n) is 3.84. The Morgan fingerprint density at radius 2 is 2.44 bits per heavy atom. The summed E-state index contributed by atoms with van der Waals surface area (Å²) in [6.07, 6.45) is 3.51. The molecule has 3 aromatic rings. The molecule has 0 N–H and O–H groups in total. The van der Waals surface area contributed by atoms with E-state index >= 15 is 0 Å². The van der Waals surface area contributed by atoms with E-state index in [0.29, 0.717) is 17.1 Å². The first-order chi connectivity index (χ1) is 8.83. The number of hydrogen-bond donors (Lipinski definition) is 0. The smallest absolute Gasteiger partial charge is 0.214 e. The number of aromatic nitrogens is 3. The molecule has 6 heteroatoms. The molecule has 90 valence electrons. The normalized spacial score (nSPS) is 10.9. The number of nitrogens with zero attached hydrogens (tertiary/aromatic N) is 4. The maximum absolute atomic E-state index is 9.26. The Kier molecular flexibility index (Phi) is 2.61. The molecule has 0 saturated carbocycles. The molecule has 0 saturated heterocycles. The number of hydrogen-bond acceptors (Lipinski definition) is 5. The quantitative estimate of drug-likeness (QED) is 0.724. The Labute approximate surface area is 107 Å². The van der Waals surface area contributed by atoms with Gasteiger partial charge in [0.2, 0.25) is 4.96 Å². The molecule has 0 amide bonds. The molecule has 0 aromatic carbocycles. The van der Waals surface area contributed by atoms with Gasteiger partial charge in [-0.25, -0.2) is 4.98 Å². The minimum atomic E-state index is 0.429. The first kappa shape index (κ1) is 11.0. The van der Waals surface area contributed by atoms with Crippen molar-refractivity contribution in [3.63, 3.8) is 0 Å². The van der Waals surface area contributed by atoms with E-state index in [4.69, 9.17) is 4.42 Å². The number of fused-ring (bicyclic) bond motifs is 1. The molecule has 0 spiro atoms. The average Bonchev–Trinajstić information content (AvgIpc) is 3.02. The van der Waals surface area contributed by atoms with E-state index < -0.39 is 0 Å². The van der Waals surface area contributed by atoms with Crippen LogP contribution in [0.3, 0.4) is 0 Å². The Balaban J connectivity index is 2.18. The summed E-state index contributed by atoms with van der Waals surface area (Å²) in [5, 5.41) is 14.7. The fourth-order valence-corrected chi connectivity index (χ4v) is 2.78. The van der Waals surface area contributed by atoms with Crippen molar-refractivity contribution < 1.29 is 4.42 Å². The largest absolute Gasteiger partial charge is 0.463 e. The third kappa shape index (κ3) is 1.60. The van der Waals surface area contributed by atoms with Gasteiger partial charge in [-0.1, -0.05) is 18.3 Å². The van der Waals surface area contributed by atoms with Crippen LogP contribution in [0.5, 0.6) is 0 Å². The third-order valence-corrected chi connectivity index (χ3v) is 3.54. The molecule has 0 aliphatic heterocycles. The summed E-state index contributed by atoms with van der Waals surface area (Å²) in [5.41, 5.74) is 0.989. The highest BCUT2D eigenvalue weighted by Crippen LogP contribution is 2.27. The van der Waals surface area contributed by atoms with Crippen LogP contribution in [0.4, 0.5) is 0 Å². The van der Waals surface area contributed by atoms with Crippen molar-refractivity contribution in [2.24, 2.45) is 0 Å². The summed E-state index contributed by atoms with van der Waals surface area (Å²) in [5.74, 6) is 0.598. The summed E-state index contributed by atoms with van der Waals surface area (Å²) >= 11 is 1.52. The van der Waals surface area contributed by atoms with Gasteiger partial charge in [0.1, 0.15) is 16.8 Å². The van der Waals surface area contributed by atoms with Crippen molar-refractivity contribution in [1.82, 2.24) is 14.6 Å². The molecule has 18 heavy (non-hydrogen) atoms. The molecule has 3 rings (SSSR count). The predicted molar refractivity (Wildman–Crippen MR) is 67.3 cm³/mol. The minimum absolute atomic E-state index is 0.429. The fourth-order valence-electron chi connectivity index (χ4n) is 1.79. The molecule has 5 nitrogen and oxygen atoms in total. The van der Waals surface area contributed by atoms with Gasteiger partial charge in [-0.3, -0.25) is 0 Å². The van der Waals surface area contributed by atoms with Crippen LogP contribution in [0.15, 0.2) is 22.8 Å². The zero-order valence-corrected chi connectivity index (χ0v) is 10.6. The lowest BCUT2D eigenvalue weighted by molar-refractivity contribution is 0.580. The number of rotatable bonds is 3. The minimum Gasteiger partial charge on any atom is -0.463 e.